The van der Waals surface area contributed by atoms with E-state index in [0.717, 1.165) is 29.8 Å². The molecule has 0 bridgehead atoms. The molecule has 3 aromatic rings. The topological polar surface area (TPSA) is 85.3 Å². The summed E-state index contributed by atoms with van der Waals surface area (Å²) >= 11 is 1.35. The van der Waals surface area contributed by atoms with Crippen LogP contribution in [0.2, 0.25) is 0 Å². The first kappa shape index (κ1) is 16.9. The van der Waals surface area contributed by atoms with Crippen molar-refractivity contribution in [2.24, 2.45) is 5.14 Å². The number of thiophene rings is 1. The van der Waals surface area contributed by atoms with Crippen LogP contribution in [0.25, 0.3) is 21.8 Å². The molecular weight excluding hydrogens is 344 g/mol. The first-order chi connectivity index (χ1) is 11.5. The second-order valence-electron chi connectivity index (χ2n) is 5.30. The summed E-state index contributed by atoms with van der Waals surface area (Å²) in [6.45, 7) is 3.65. The number of furan rings is 1. The monoisotopic (exact) mass is 362 g/mol. The molecule has 2 aromatic heterocycles. The highest BCUT2D eigenvalue weighted by Crippen LogP contribution is 2.39. The first-order valence-electron chi connectivity index (χ1n) is 7.49. The van der Waals surface area contributed by atoms with Crippen LogP contribution >= 0.6 is 11.3 Å². The van der Waals surface area contributed by atoms with Crippen LogP contribution in [0.4, 0.5) is 0 Å². The minimum atomic E-state index is -3.78. The highest BCUT2D eigenvalue weighted by atomic mass is 32.2. The molecule has 0 amide bonds. The predicted octanol–water partition coefficient (Wildman–Crippen LogP) is 3.43. The zero-order valence-corrected chi connectivity index (χ0v) is 14.8. The fraction of sp³-hybridized carbons (Fsp3) is 0.176. The average Bonchev–Trinajstić information content (AvgIpc) is 3.23. The standard InChI is InChI=1S/C17H18N2O3S2/c1-2-19-11-12-5-6-13(14(10-12)15-4-3-8-22-15)17-16(7-9-23-17)24(18,20)21/h3-10,19H,2,11H2,1H3,(H2,18,20,21). The van der Waals surface area contributed by atoms with Crippen LogP contribution < -0.4 is 10.5 Å². The van der Waals surface area contributed by atoms with Gasteiger partial charge in [-0.1, -0.05) is 19.1 Å². The molecule has 0 aliphatic rings. The zero-order chi connectivity index (χ0) is 17.2. The van der Waals surface area contributed by atoms with Crippen LogP contribution in [0.5, 0.6) is 0 Å². The number of rotatable bonds is 6. The minimum absolute atomic E-state index is 0.139. The molecule has 1 aromatic carbocycles. The van der Waals surface area contributed by atoms with Crippen molar-refractivity contribution in [3.63, 3.8) is 0 Å². The summed E-state index contributed by atoms with van der Waals surface area (Å²) in [7, 11) is -3.78. The Labute approximate surface area is 145 Å². The Morgan fingerprint density at radius 3 is 2.71 bits per heavy atom. The quantitative estimate of drug-likeness (QED) is 0.703. The number of nitrogens with one attached hydrogen (secondary N) is 1. The molecule has 0 aliphatic heterocycles. The second-order valence-corrected chi connectivity index (χ2v) is 7.74. The normalized spacial score (nSPS) is 11.8. The van der Waals surface area contributed by atoms with Gasteiger partial charge in [-0.25, -0.2) is 13.6 Å². The molecule has 0 saturated carbocycles. The molecule has 0 aliphatic carbocycles. The number of benzene rings is 1. The molecule has 3 N–H and O–H groups in total. The number of primary sulfonamides is 1. The van der Waals surface area contributed by atoms with Crippen molar-refractivity contribution in [1.29, 1.82) is 0 Å². The van der Waals surface area contributed by atoms with Crippen molar-refractivity contribution in [3.05, 3.63) is 53.6 Å². The Balaban J connectivity index is 2.16. The Kier molecular flexibility index (Phi) is 4.86. The van der Waals surface area contributed by atoms with E-state index in [1.54, 1.807) is 11.6 Å². The van der Waals surface area contributed by atoms with Crippen molar-refractivity contribution in [3.8, 4) is 21.8 Å². The number of hydrogen-bond donors (Lipinski definition) is 2. The lowest BCUT2D eigenvalue weighted by Gasteiger charge is -2.11. The van der Waals surface area contributed by atoms with E-state index in [0.29, 0.717) is 10.6 Å². The molecule has 0 radical (unpaired) electrons. The van der Waals surface area contributed by atoms with Crippen molar-refractivity contribution < 1.29 is 12.8 Å². The average molecular weight is 362 g/mol. The van der Waals surface area contributed by atoms with Gasteiger partial charge in [-0.15, -0.1) is 11.3 Å². The summed E-state index contributed by atoms with van der Waals surface area (Å²) in [6, 6.07) is 11.1. The maximum Gasteiger partial charge on any atom is 0.239 e. The largest absolute Gasteiger partial charge is 0.464 e. The second kappa shape index (κ2) is 6.90. The highest BCUT2D eigenvalue weighted by Gasteiger charge is 2.20. The van der Waals surface area contributed by atoms with Gasteiger partial charge < -0.3 is 9.73 Å². The smallest absolute Gasteiger partial charge is 0.239 e. The SMILES string of the molecule is CCNCc1ccc(-c2sccc2S(N)(=O)=O)c(-c2ccco2)c1. The Morgan fingerprint density at radius 1 is 1.21 bits per heavy atom. The van der Waals surface area contributed by atoms with Crippen molar-refractivity contribution in [1.82, 2.24) is 5.32 Å². The molecule has 0 spiro atoms. The van der Waals surface area contributed by atoms with Crippen molar-refractivity contribution in [2.45, 2.75) is 18.4 Å². The van der Waals surface area contributed by atoms with E-state index in [1.807, 2.05) is 37.3 Å². The van der Waals surface area contributed by atoms with E-state index in [4.69, 9.17) is 9.56 Å². The fourth-order valence-corrected chi connectivity index (χ4v) is 4.56. The van der Waals surface area contributed by atoms with E-state index in [2.05, 4.69) is 5.32 Å². The lowest BCUT2D eigenvalue weighted by atomic mass is 10.0. The molecule has 3 rings (SSSR count). The number of sulfonamides is 1. The third-order valence-corrected chi connectivity index (χ3v) is 5.66. The molecule has 7 heteroatoms. The molecule has 2 heterocycles. The van der Waals surface area contributed by atoms with E-state index in [9.17, 15) is 8.42 Å². The van der Waals surface area contributed by atoms with Gasteiger partial charge in [0, 0.05) is 17.7 Å². The fourth-order valence-electron chi connectivity index (χ4n) is 2.52. The molecule has 24 heavy (non-hydrogen) atoms. The maximum atomic E-state index is 11.8. The van der Waals surface area contributed by atoms with Crippen LogP contribution in [0.15, 0.2) is 57.4 Å². The molecule has 0 unspecified atom stereocenters. The van der Waals surface area contributed by atoms with Gasteiger partial charge in [0.25, 0.3) is 0 Å². The lowest BCUT2D eigenvalue weighted by Crippen LogP contribution is -2.12. The third kappa shape index (κ3) is 3.44. The maximum absolute atomic E-state index is 11.8. The van der Waals surface area contributed by atoms with E-state index >= 15 is 0 Å². The summed E-state index contributed by atoms with van der Waals surface area (Å²) in [6.07, 6.45) is 1.60. The van der Waals surface area contributed by atoms with Gasteiger partial charge >= 0.3 is 0 Å². The third-order valence-electron chi connectivity index (χ3n) is 3.63. The summed E-state index contributed by atoms with van der Waals surface area (Å²) in [5, 5.41) is 10.4. The van der Waals surface area contributed by atoms with E-state index in [-0.39, 0.29) is 4.90 Å². The summed E-state index contributed by atoms with van der Waals surface area (Å²) in [5.74, 6) is 0.692. The van der Waals surface area contributed by atoms with Gasteiger partial charge in [-0.3, -0.25) is 0 Å². The van der Waals surface area contributed by atoms with Crippen LogP contribution in [0.3, 0.4) is 0 Å². The Bertz CT molecular complexity index is 929. The van der Waals surface area contributed by atoms with E-state index in [1.165, 1.54) is 17.4 Å². The number of hydrogen-bond acceptors (Lipinski definition) is 5. The van der Waals surface area contributed by atoms with Gasteiger partial charge in [-0.05, 0) is 41.8 Å². The van der Waals surface area contributed by atoms with E-state index < -0.39 is 10.0 Å². The molecule has 0 atom stereocenters. The molecule has 5 nitrogen and oxygen atoms in total. The Hall–Kier alpha value is -1.93. The lowest BCUT2D eigenvalue weighted by molar-refractivity contribution is 0.582. The summed E-state index contributed by atoms with van der Waals surface area (Å²) < 4.78 is 29.2. The molecule has 126 valence electrons. The van der Waals surface area contributed by atoms with Crippen LogP contribution in [-0.2, 0) is 16.6 Å². The van der Waals surface area contributed by atoms with Gasteiger partial charge in [0.1, 0.15) is 10.7 Å². The number of nitrogens with two attached hydrogens (primary N) is 1. The van der Waals surface area contributed by atoms with Gasteiger partial charge in [0.15, 0.2) is 0 Å². The van der Waals surface area contributed by atoms with Gasteiger partial charge in [0.05, 0.1) is 11.1 Å². The summed E-state index contributed by atoms with van der Waals surface area (Å²) in [4.78, 5) is 0.763. The zero-order valence-electron chi connectivity index (χ0n) is 13.2. The van der Waals surface area contributed by atoms with Gasteiger partial charge in [-0.2, -0.15) is 0 Å². The summed E-state index contributed by atoms with van der Waals surface area (Å²) in [5.41, 5.74) is 2.74. The van der Waals surface area contributed by atoms with Crippen LogP contribution in [0, 0.1) is 0 Å². The predicted molar refractivity (Wildman–Crippen MR) is 96.2 cm³/mol. The minimum Gasteiger partial charge on any atom is -0.464 e. The highest BCUT2D eigenvalue weighted by molar-refractivity contribution is 7.89. The Morgan fingerprint density at radius 2 is 2.04 bits per heavy atom. The van der Waals surface area contributed by atoms with Crippen LogP contribution in [0.1, 0.15) is 12.5 Å². The van der Waals surface area contributed by atoms with Gasteiger partial charge in [0.2, 0.25) is 10.0 Å². The van der Waals surface area contributed by atoms with Crippen molar-refractivity contribution in [2.75, 3.05) is 6.54 Å². The first-order valence-corrected chi connectivity index (χ1v) is 9.91. The van der Waals surface area contributed by atoms with Crippen LogP contribution in [-0.4, -0.2) is 15.0 Å². The van der Waals surface area contributed by atoms with Crippen molar-refractivity contribution >= 4 is 21.4 Å². The molecule has 0 fully saturated rings. The molecular formula is C17H18N2O3S2. The molecule has 0 saturated heterocycles.